The van der Waals surface area contributed by atoms with Crippen LogP contribution in [0.15, 0.2) is 79.0 Å². The van der Waals surface area contributed by atoms with Gasteiger partial charge in [-0.2, -0.15) is 0 Å². The summed E-state index contributed by atoms with van der Waals surface area (Å²) in [5, 5.41) is 39.3. The van der Waals surface area contributed by atoms with Crippen molar-refractivity contribution < 1.29 is 48.6 Å². The zero-order chi connectivity index (χ0) is 49.8. The van der Waals surface area contributed by atoms with Crippen LogP contribution < -0.4 is 43.0 Å². The second kappa shape index (κ2) is 27.0. The van der Waals surface area contributed by atoms with Gasteiger partial charge in [-0.15, -0.1) is 0 Å². The molecule has 0 aliphatic carbocycles. The van der Waals surface area contributed by atoms with E-state index >= 15 is 0 Å². The summed E-state index contributed by atoms with van der Waals surface area (Å²) in [5.74, 6) is -5.09. The predicted molar refractivity (Wildman–Crippen MR) is 251 cm³/mol. The molecular weight excluding hydrogens is 877 g/mol. The van der Waals surface area contributed by atoms with Crippen LogP contribution in [0.25, 0.3) is 0 Å². The van der Waals surface area contributed by atoms with Gasteiger partial charge < -0.3 is 62.9 Å². The number of carbonyl (C=O) groups excluding carboxylic acids is 8. The lowest BCUT2D eigenvalue weighted by molar-refractivity contribution is -0.140. The number of amides is 8. The molecule has 2 aromatic carbocycles. The average molecular weight is 943 g/mol. The maximum atomic E-state index is 14.4. The lowest BCUT2D eigenvalue weighted by Gasteiger charge is -2.30. The summed E-state index contributed by atoms with van der Waals surface area (Å²) in [4.78, 5) is 114. The fourth-order valence-corrected chi connectivity index (χ4v) is 7.85. The van der Waals surface area contributed by atoms with Gasteiger partial charge in [-0.1, -0.05) is 74.5 Å². The third kappa shape index (κ3) is 16.7. The summed E-state index contributed by atoms with van der Waals surface area (Å²) in [7, 11) is 0. The SMILES string of the molecule is CC(C)CC(C)NC(=O)NC(Cc1ccccc1)C(=O)N1CCCC1C(=O)NC(Cc1ccccc1)C(=O)NCC(NC(=O)c1ncccc1O)C(=O)NC(C(=O)NC(C=O)CCCN)C(C)O. The van der Waals surface area contributed by atoms with Gasteiger partial charge in [0.2, 0.25) is 29.5 Å². The molecule has 1 aliphatic rings. The molecule has 1 fully saturated rings. The number of aromatic nitrogens is 1. The maximum absolute atomic E-state index is 14.4. The van der Waals surface area contributed by atoms with Gasteiger partial charge in [-0.25, -0.2) is 9.78 Å². The van der Waals surface area contributed by atoms with Crippen molar-refractivity contribution in [1.29, 1.82) is 0 Å². The standard InChI is InChI=1S/C48H66N10O10/c1-29(2)24-30(3)52-48(68)56-36(26-33-16-9-6-10-17-33)47(67)58-23-13-19-38(58)44(64)54-35(25-32-14-7-5-8-15-32)42(62)51-27-37(55-46(66)41-39(61)20-12-22-50-41)43(63)57-40(31(4)60)45(65)53-34(28-59)18-11-21-49/h5-10,12,14-17,20,22,28-31,34-38,40,60-61H,11,13,18-19,21,23-27,49H2,1-4H3,(H,51,62)(H,53,65)(H,54,64)(H,55,66)(H,57,63)(H2,52,56,68). The molecule has 4 rings (SSSR count). The van der Waals surface area contributed by atoms with E-state index in [9.17, 15) is 48.6 Å². The van der Waals surface area contributed by atoms with E-state index in [4.69, 9.17) is 5.73 Å². The Morgan fingerprint density at radius 1 is 0.779 bits per heavy atom. The Morgan fingerprint density at radius 2 is 1.43 bits per heavy atom. The Balaban J connectivity index is 1.57. The van der Waals surface area contributed by atoms with Gasteiger partial charge in [0.05, 0.1) is 12.1 Å². The molecule has 0 radical (unpaired) electrons. The third-order valence-electron chi connectivity index (χ3n) is 11.2. The van der Waals surface area contributed by atoms with Gasteiger partial charge in [-0.3, -0.25) is 28.8 Å². The Bertz CT molecular complexity index is 2160. The topological polar surface area (TPSA) is 303 Å². The minimum Gasteiger partial charge on any atom is -0.505 e. The number of likely N-dealkylation sites (tertiary alicyclic amines) is 1. The first kappa shape index (κ1) is 53.7. The van der Waals surface area contributed by atoms with Gasteiger partial charge in [0.25, 0.3) is 5.91 Å². The van der Waals surface area contributed by atoms with Gasteiger partial charge >= 0.3 is 6.03 Å². The predicted octanol–water partition coefficient (Wildman–Crippen LogP) is 0.354. The molecule has 0 saturated carbocycles. The van der Waals surface area contributed by atoms with Crippen LogP contribution in [0.3, 0.4) is 0 Å². The van der Waals surface area contributed by atoms with E-state index < -0.39 is 102 Å². The van der Waals surface area contributed by atoms with Crippen molar-refractivity contribution in [1.82, 2.24) is 47.1 Å². The van der Waals surface area contributed by atoms with E-state index in [0.717, 1.165) is 12.0 Å². The number of aliphatic hydroxyl groups excluding tert-OH is 1. The van der Waals surface area contributed by atoms with Crippen LogP contribution in [0, 0.1) is 5.92 Å². The molecule has 0 spiro atoms. The van der Waals surface area contributed by atoms with E-state index in [-0.39, 0.29) is 44.8 Å². The number of carbonyl (C=O) groups is 8. The first-order valence-corrected chi connectivity index (χ1v) is 22.9. The fourth-order valence-electron chi connectivity index (χ4n) is 7.85. The molecule has 2 heterocycles. The largest absolute Gasteiger partial charge is 0.505 e. The molecule has 20 heteroatoms. The Morgan fingerprint density at radius 3 is 2.01 bits per heavy atom. The fraction of sp³-hybridized carbons (Fsp3) is 0.479. The smallest absolute Gasteiger partial charge is 0.315 e. The molecule has 20 nitrogen and oxygen atoms in total. The number of nitrogens with two attached hydrogens (primary N) is 1. The number of aliphatic hydroxyl groups is 1. The zero-order valence-electron chi connectivity index (χ0n) is 39.0. The third-order valence-corrected chi connectivity index (χ3v) is 11.2. The van der Waals surface area contributed by atoms with E-state index in [2.05, 4.69) is 42.2 Å². The van der Waals surface area contributed by atoms with Crippen LogP contribution >= 0.6 is 0 Å². The molecule has 368 valence electrons. The summed E-state index contributed by atoms with van der Waals surface area (Å²) in [5.41, 5.74) is 6.52. The second-order valence-corrected chi connectivity index (χ2v) is 17.4. The molecule has 8 amide bonds. The number of hydrogen-bond acceptors (Lipinski definition) is 12. The Labute approximate surface area is 396 Å². The van der Waals surface area contributed by atoms with E-state index in [1.165, 1.54) is 30.2 Å². The van der Waals surface area contributed by atoms with E-state index in [1.54, 1.807) is 30.3 Å². The van der Waals surface area contributed by atoms with Crippen LogP contribution in [-0.2, 0) is 41.6 Å². The minimum atomic E-state index is -1.67. The molecule has 1 aliphatic heterocycles. The van der Waals surface area contributed by atoms with Gasteiger partial charge in [0.1, 0.15) is 42.2 Å². The number of nitrogens with zero attached hydrogens (tertiary/aromatic N) is 2. The molecule has 8 unspecified atom stereocenters. The van der Waals surface area contributed by atoms with Crippen molar-refractivity contribution >= 4 is 47.8 Å². The normalized spacial score (nSPS) is 16.4. The van der Waals surface area contributed by atoms with Crippen LogP contribution in [-0.4, -0.2) is 136 Å². The quantitative estimate of drug-likeness (QED) is 0.0515. The Hall–Kier alpha value is -6.93. The van der Waals surface area contributed by atoms with Crippen LogP contribution in [0.5, 0.6) is 5.75 Å². The van der Waals surface area contributed by atoms with Crippen molar-refractivity contribution in [2.45, 2.75) is 121 Å². The number of benzene rings is 2. The van der Waals surface area contributed by atoms with Gasteiger partial charge in [0, 0.05) is 38.2 Å². The summed E-state index contributed by atoms with van der Waals surface area (Å²) < 4.78 is 0. The van der Waals surface area contributed by atoms with Gasteiger partial charge in [-0.05, 0) is 81.7 Å². The van der Waals surface area contributed by atoms with Crippen LogP contribution in [0.1, 0.15) is 81.4 Å². The average Bonchev–Trinajstić information content (AvgIpc) is 3.81. The highest BCUT2D eigenvalue weighted by Gasteiger charge is 2.40. The van der Waals surface area contributed by atoms with E-state index in [1.807, 2.05) is 51.1 Å². The second-order valence-electron chi connectivity index (χ2n) is 17.4. The lowest BCUT2D eigenvalue weighted by atomic mass is 10.0. The van der Waals surface area contributed by atoms with Crippen LogP contribution in [0.2, 0.25) is 0 Å². The van der Waals surface area contributed by atoms with Crippen LogP contribution in [0.4, 0.5) is 4.79 Å². The molecular formula is C48H66N10O10. The Kier molecular flexibility index (Phi) is 21.3. The molecule has 1 saturated heterocycles. The van der Waals surface area contributed by atoms with Crippen molar-refractivity contribution in [3.8, 4) is 5.75 Å². The molecule has 1 aromatic heterocycles. The number of pyridine rings is 1. The maximum Gasteiger partial charge on any atom is 0.315 e. The van der Waals surface area contributed by atoms with Crippen molar-refractivity contribution in [3.63, 3.8) is 0 Å². The molecule has 11 N–H and O–H groups in total. The number of urea groups is 1. The number of aldehydes is 1. The summed E-state index contributed by atoms with van der Waals surface area (Å²) in [6.07, 6.45) is 2.38. The number of rotatable bonds is 25. The number of hydrogen-bond donors (Lipinski definition) is 10. The first-order valence-electron chi connectivity index (χ1n) is 22.9. The molecule has 68 heavy (non-hydrogen) atoms. The first-order chi connectivity index (χ1) is 32.5. The molecule has 8 atom stereocenters. The zero-order valence-corrected chi connectivity index (χ0v) is 39.0. The van der Waals surface area contributed by atoms with Crippen molar-refractivity contribution in [2.24, 2.45) is 11.7 Å². The summed E-state index contributed by atoms with van der Waals surface area (Å²) in [6.45, 7) is 7.00. The van der Waals surface area contributed by atoms with Crippen molar-refractivity contribution in [2.75, 3.05) is 19.6 Å². The lowest BCUT2D eigenvalue weighted by Crippen LogP contribution is -2.61. The monoisotopic (exact) mass is 942 g/mol. The molecule has 0 bridgehead atoms. The minimum absolute atomic E-state index is 0.0383. The highest BCUT2D eigenvalue weighted by Crippen LogP contribution is 2.21. The van der Waals surface area contributed by atoms with E-state index in [0.29, 0.717) is 30.6 Å². The van der Waals surface area contributed by atoms with Crippen molar-refractivity contribution in [3.05, 3.63) is 95.8 Å². The molecule has 3 aromatic rings. The van der Waals surface area contributed by atoms with Gasteiger partial charge in [0.15, 0.2) is 5.69 Å². The highest BCUT2D eigenvalue weighted by molar-refractivity contribution is 5.99. The summed E-state index contributed by atoms with van der Waals surface area (Å²) >= 11 is 0. The number of nitrogens with one attached hydrogen (secondary N) is 7. The highest BCUT2D eigenvalue weighted by atomic mass is 16.3. The number of aromatic hydroxyl groups is 1. The summed E-state index contributed by atoms with van der Waals surface area (Å²) in [6, 6.07) is 12.2.